The molecule has 0 atom stereocenters. The second-order valence-corrected chi connectivity index (χ2v) is 6.44. The van der Waals surface area contributed by atoms with E-state index < -0.39 is 0 Å². The molecular formula is C14H13Cl2N5O2S. The molecule has 0 saturated heterocycles. The van der Waals surface area contributed by atoms with E-state index in [-0.39, 0.29) is 18.2 Å². The van der Waals surface area contributed by atoms with Crippen LogP contribution in [0.2, 0.25) is 10.0 Å². The molecule has 24 heavy (non-hydrogen) atoms. The normalized spacial score (nSPS) is 10.8. The highest BCUT2D eigenvalue weighted by Crippen LogP contribution is 2.19. The van der Waals surface area contributed by atoms with Crippen molar-refractivity contribution in [1.29, 1.82) is 0 Å². The third-order valence-electron chi connectivity index (χ3n) is 2.70. The fourth-order valence-corrected chi connectivity index (χ4v) is 2.75. The van der Waals surface area contributed by atoms with Crippen LogP contribution in [0.15, 0.2) is 23.3 Å². The summed E-state index contributed by atoms with van der Waals surface area (Å²) in [6.45, 7) is 1.73. The van der Waals surface area contributed by atoms with E-state index in [0.717, 1.165) is 11.3 Å². The van der Waals surface area contributed by atoms with Gasteiger partial charge in [0.05, 0.1) is 17.7 Å². The summed E-state index contributed by atoms with van der Waals surface area (Å²) in [7, 11) is 0. The maximum Gasteiger partial charge on any atom is 0.247 e. The van der Waals surface area contributed by atoms with Gasteiger partial charge in [-0.3, -0.25) is 9.59 Å². The van der Waals surface area contributed by atoms with Gasteiger partial charge in [0.2, 0.25) is 16.9 Å². The summed E-state index contributed by atoms with van der Waals surface area (Å²) in [6.07, 6.45) is 1.77. The number of carbonyl (C=O) groups excluding carboxylic acids is 2. The standard InChI is InChI=1S/C14H13Cl2N5O2S/c1-2-11(22)18-14-21-20-13(24-14)6-12(23)19-17-7-8-3-4-9(15)5-10(8)16/h3-5,7H,2,6H2,1H3,(H,19,23)(H,18,21,22). The van der Waals surface area contributed by atoms with Crippen molar-refractivity contribution >= 4 is 57.7 Å². The number of amides is 2. The quantitative estimate of drug-likeness (QED) is 0.589. The molecule has 10 heteroatoms. The van der Waals surface area contributed by atoms with Crippen LogP contribution in [-0.2, 0) is 16.0 Å². The number of hydrogen-bond acceptors (Lipinski definition) is 6. The summed E-state index contributed by atoms with van der Waals surface area (Å²) in [5, 5.41) is 15.8. The van der Waals surface area contributed by atoms with Gasteiger partial charge in [0.15, 0.2) is 0 Å². The molecular weight excluding hydrogens is 373 g/mol. The van der Waals surface area contributed by atoms with Gasteiger partial charge < -0.3 is 5.32 Å². The smallest absolute Gasteiger partial charge is 0.247 e. The van der Waals surface area contributed by atoms with Gasteiger partial charge in [0.1, 0.15) is 5.01 Å². The third-order valence-corrected chi connectivity index (χ3v) is 4.10. The molecule has 0 aliphatic heterocycles. The van der Waals surface area contributed by atoms with E-state index in [0.29, 0.717) is 32.2 Å². The van der Waals surface area contributed by atoms with E-state index in [1.54, 1.807) is 25.1 Å². The number of carbonyl (C=O) groups is 2. The molecule has 0 radical (unpaired) electrons. The maximum atomic E-state index is 11.8. The van der Waals surface area contributed by atoms with Crippen molar-refractivity contribution in [2.24, 2.45) is 5.10 Å². The SMILES string of the molecule is CCC(=O)Nc1nnc(CC(=O)NN=Cc2ccc(Cl)cc2Cl)s1. The van der Waals surface area contributed by atoms with Crippen molar-refractivity contribution in [3.8, 4) is 0 Å². The first kappa shape index (κ1) is 18.3. The van der Waals surface area contributed by atoms with Gasteiger partial charge in [-0.05, 0) is 12.1 Å². The summed E-state index contributed by atoms with van der Waals surface area (Å²) in [5.41, 5.74) is 3.00. The Morgan fingerprint density at radius 3 is 2.79 bits per heavy atom. The minimum Gasteiger partial charge on any atom is -0.301 e. The number of nitrogens with one attached hydrogen (secondary N) is 2. The Balaban J connectivity index is 1.87. The van der Waals surface area contributed by atoms with Crippen molar-refractivity contribution in [3.05, 3.63) is 38.8 Å². The van der Waals surface area contributed by atoms with E-state index >= 15 is 0 Å². The summed E-state index contributed by atoms with van der Waals surface area (Å²) in [4.78, 5) is 23.0. The van der Waals surface area contributed by atoms with Gasteiger partial charge in [-0.15, -0.1) is 10.2 Å². The first-order valence-electron chi connectivity index (χ1n) is 6.87. The Bertz CT molecular complexity index is 778. The number of benzene rings is 1. The summed E-state index contributed by atoms with van der Waals surface area (Å²) in [6, 6.07) is 4.94. The summed E-state index contributed by atoms with van der Waals surface area (Å²) in [5.74, 6) is -0.521. The predicted octanol–water partition coefficient (Wildman–Crippen LogP) is 2.89. The second-order valence-electron chi connectivity index (χ2n) is 4.54. The van der Waals surface area contributed by atoms with Gasteiger partial charge in [0.25, 0.3) is 0 Å². The number of halogens is 2. The van der Waals surface area contributed by atoms with Gasteiger partial charge in [-0.1, -0.05) is 47.5 Å². The molecule has 0 spiro atoms. The first-order chi connectivity index (χ1) is 11.5. The lowest BCUT2D eigenvalue weighted by Gasteiger charge is -1.99. The van der Waals surface area contributed by atoms with Gasteiger partial charge in [-0.25, -0.2) is 5.43 Å². The number of rotatable bonds is 6. The minimum absolute atomic E-state index is 0.00531. The number of hydrogen-bond donors (Lipinski definition) is 2. The van der Waals surface area contributed by atoms with Crippen LogP contribution in [-0.4, -0.2) is 28.2 Å². The van der Waals surface area contributed by atoms with E-state index in [4.69, 9.17) is 23.2 Å². The lowest BCUT2D eigenvalue weighted by Crippen LogP contribution is -2.19. The van der Waals surface area contributed by atoms with Crippen molar-refractivity contribution in [2.45, 2.75) is 19.8 Å². The molecule has 7 nitrogen and oxygen atoms in total. The number of aromatic nitrogens is 2. The Morgan fingerprint density at radius 1 is 1.29 bits per heavy atom. The van der Waals surface area contributed by atoms with E-state index in [2.05, 4.69) is 26.0 Å². The van der Waals surface area contributed by atoms with E-state index in [1.807, 2.05) is 0 Å². The molecule has 2 aromatic rings. The molecule has 1 aromatic heterocycles. The number of anilines is 1. The first-order valence-corrected chi connectivity index (χ1v) is 8.44. The Labute approximate surface area is 152 Å². The van der Waals surface area contributed by atoms with Crippen LogP contribution in [0.3, 0.4) is 0 Å². The lowest BCUT2D eigenvalue weighted by molar-refractivity contribution is -0.120. The fraction of sp³-hybridized carbons (Fsp3) is 0.214. The number of nitrogens with zero attached hydrogens (tertiary/aromatic N) is 3. The fourth-order valence-electron chi connectivity index (χ4n) is 1.54. The molecule has 0 aliphatic carbocycles. The van der Waals surface area contributed by atoms with E-state index in [9.17, 15) is 9.59 Å². The molecule has 2 amide bonds. The van der Waals surface area contributed by atoms with Crippen molar-refractivity contribution in [2.75, 3.05) is 5.32 Å². The number of hydrazone groups is 1. The molecule has 1 heterocycles. The van der Waals surface area contributed by atoms with Gasteiger partial charge in [0, 0.05) is 17.0 Å². The molecule has 0 saturated carbocycles. The Morgan fingerprint density at radius 2 is 2.08 bits per heavy atom. The molecule has 2 rings (SSSR count). The third kappa shape index (κ3) is 5.55. The maximum absolute atomic E-state index is 11.8. The van der Waals surface area contributed by atoms with Crippen molar-refractivity contribution in [3.63, 3.8) is 0 Å². The van der Waals surface area contributed by atoms with Crippen LogP contribution in [0.5, 0.6) is 0 Å². The van der Waals surface area contributed by atoms with Crippen LogP contribution in [0.4, 0.5) is 5.13 Å². The van der Waals surface area contributed by atoms with Gasteiger partial charge >= 0.3 is 0 Å². The zero-order chi connectivity index (χ0) is 17.5. The zero-order valence-corrected chi connectivity index (χ0v) is 14.9. The molecule has 126 valence electrons. The molecule has 2 N–H and O–H groups in total. The lowest BCUT2D eigenvalue weighted by atomic mass is 10.2. The Hall–Kier alpha value is -2.03. The second kappa shape index (κ2) is 8.72. The molecule has 0 bridgehead atoms. The molecule has 0 unspecified atom stereocenters. The highest BCUT2D eigenvalue weighted by Gasteiger charge is 2.10. The topological polar surface area (TPSA) is 96.3 Å². The highest BCUT2D eigenvalue weighted by atomic mass is 35.5. The summed E-state index contributed by atoms with van der Waals surface area (Å²) >= 11 is 12.9. The molecule has 0 fully saturated rings. The average molecular weight is 386 g/mol. The highest BCUT2D eigenvalue weighted by molar-refractivity contribution is 7.15. The predicted molar refractivity (Wildman–Crippen MR) is 94.7 cm³/mol. The average Bonchev–Trinajstić information content (AvgIpc) is 2.96. The van der Waals surface area contributed by atoms with Crippen LogP contribution in [0.1, 0.15) is 23.9 Å². The van der Waals surface area contributed by atoms with Crippen LogP contribution < -0.4 is 10.7 Å². The van der Waals surface area contributed by atoms with E-state index in [1.165, 1.54) is 6.21 Å². The molecule has 1 aromatic carbocycles. The zero-order valence-electron chi connectivity index (χ0n) is 12.5. The molecule has 0 aliphatic rings. The monoisotopic (exact) mass is 385 g/mol. The van der Waals surface area contributed by atoms with Crippen LogP contribution in [0, 0.1) is 0 Å². The van der Waals surface area contributed by atoms with Gasteiger partial charge in [-0.2, -0.15) is 5.10 Å². The van der Waals surface area contributed by atoms with Crippen LogP contribution >= 0.6 is 34.5 Å². The minimum atomic E-state index is -0.360. The largest absolute Gasteiger partial charge is 0.301 e. The summed E-state index contributed by atoms with van der Waals surface area (Å²) < 4.78 is 0. The van der Waals surface area contributed by atoms with Crippen molar-refractivity contribution in [1.82, 2.24) is 15.6 Å². The Kier molecular flexibility index (Phi) is 6.65. The van der Waals surface area contributed by atoms with Crippen LogP contribution in [0.25, 0.3) is 0 Å². The van der Waals surface area contributed by atoms with Crippen molar-refractivity contribution < 1.29 is 9.59 Å².